The first-order valence-electron chi connectivity index (χ1n) is 4.16. The highest BCUT2D eigenvalue weighted by molar-refractivity contribution is 5.53. The number of aldehydes is 1. The van der Waals surface area contributed by atoms with Crippen LogP contribution in [0.5, 0.6) is 0 Å². The fourth-order valence-electron chi connectivity index (χ4n) is 1.22. The van der Waals surface area contributed by atoms with Crippen LogP contribution in [0.4, 0.5) is 0 Å². The molecule has 0 aliphatic rings. The second-order valence-electron chi connectivity index (χ2n) is 3.31. The zero-order valence-electron chi connectivity index (χ0n) is 7.26. The van der Waals surface area contributed by atoms with E-state index in [1.807, 2.05) is 0 Å². The molecule has 0 amide bonds. The van der Waals surface area contributed by atoms with Gasteiger partial charge in [-0.05, 0) is 18.8 Å². The minimum absolute atomic E-state index is 0.310. The van der Waals surface area contributed by atoms with Crippen LogP contribution >= 0.6 is 0 Å². The molecule has 0 aromatic rings. The topological polar surface area (TPSA) is 17.1 Å². The van der Waals surface area contributed by atoms with E-state index in [4.69, 9.17) is 0 Å². The average Bonchev–Trinajstić information content (AvgIpc) is 1.86. The second-order valence-corrected chi connectivity index (χ2v) is 3.31. The first-order chi connectivity index (χ1) is 4.70. The summed E-state index contributed by atoms with van der Waals surface area (Å²) >= 11 is 0. The molecule has 0 aliphatic heterocycles. The maximum Gasteiger partial charge on any atom is 0.123 e. The zero-order chi connectivity index (χ0) is 7.98. The van der Waals surface area contributed by atoms with Crippen LogP contribution in [-0.2, 0) is 4.79 Å². The Morgan fingerprint density at radius 3 is 2.30 bits per heavy atom. The molecule has 0 spiro atoms. The van der Waals surface area contributed by atoms with Crippen LogP contribution in [0.1, 0.15) is 40.0 Å². The van der Waals surface area contributed by atoms with Crippen LogP contribution in [0, 0.1) is 11.8 Å². The summed E-state index contributed by atoms with van der Waals surface area (Å²) in [5, 5.41) is 0. The first-order valence-corrected chi connectivity index (χ1v) is 4.16. The Bertz CT molecular complexity index is 86.7. The van der Waals surface area contributed by atoms with Crippen LogP contribution in [0.2, 0.25) is 0 Å². The third-order valence-corrected chi connectivity index (χ3v) is 1.63. The van der Waals surface area contributed by atoms with Crippen LogP contribution in [0.25, 0.3) is 0 Å². The summed E-state index contributed by atoms with van der Waals surface area (Å²) in [6.45, 7) is 6.44. The SMILES string of the molecule is CCCC(C=O)CC(C)C. The molecule has 0 aromatic carbocycles. The number of hydrogen-bond acceptors (Lipinski definition) is 1. The van der Waals surface area contributed by atoms with Gasteiger partial charge in [0.1, 0.15) is 6.29 Å². The first kappa shape index (κ1) is 9.67. The number of carbonyl (C=O) groups excluding carboxylic acids is 1. The average molecular weight is 142 g/mol. The molecule has 0 saturated carbocycles. The summed E-state index contributed by atoms with van der Waals surface area (Å²) < 4.78 is 0. The van der Waals surface area contributed by atoms with E-state index in [-0.39, 0.29) is 0 Å². The summed E-state index contributed by atoms with van der Waals surface area (Å²) in [5.74, 6) is 0.965. The molecular weight excluding hydrogens is 124 g/mol. The van der Waals surface area contributed by atoms with E-state index in [0.29, 0.717) is 11.8 Å². The molecule has 1 atom stereocenters. The Kier molecular flexibility index (Phi) is 5.27. The molecule has 1 unspecified atom stereocenters. The van der Waals surface area contributed by atoms with Gasteiger partial charge in [0.2, 0.25) is 0 Å². The van der Waals surface area contributed by atoms with Gasteiger partial charge in [-0.1, -0.05) is 27.2 Å². The number of hydrogen-bond donors (Lipinski definition) is 0. The van der Waals surface area contributed by atoms with Crippen LogP contribution in [0.15, 0.2) is 0 Å². The van der Waals surface area contributed by atoms with E-state index in [9.17, 15) is 4.79 Å². The van der Waals surface area contributed by atoms with Crippen LogP contribution in [0.3, 0.4) is 0 Å². The minimum Gasteiger partial charge on any atom is -0.303 e. The lowest BCUT2D eigenvalue weighted by molar-refractivity contribution is -0.111. The molecule has 60 valence electrons. The molecule has 0 fully saturated rings. The molecular formula is C9H18O. The Hall–Kier alpha value is -0.330. The minimum atomic E-state index is 0.310. The second kappa shape index (κ2) is 5.45. The molecule has 0 rings (SSSR count). The van der Waals surface area contributed by atoms with Crippen molar-refractivity contribution in [3.8, 4) is 0 Å². The lowest BCUT2D eigenvalue weighted by Crippen LogP contribution is -2.05. The van der Waals surface area contributed by atoms with Crippen molar-refractivity contribution in [2.24, 2.45) is 11.8 Å². The molecule has 0 bridgehead atoms. The van der Waals surface area contributed by atoms with Gasteiger partial charge in [0, 0.05) is 5.92 Å². The maximum absolute atomic E-state index is 10.4. The van der Waals surface area contributed by atoms with Crippen molar-refractivity contribution in [1.29, 1.82) is 0 Å². The van der Waals surface area contributed by atoms with Crippen LogP contribution in [-0.4, -0.2) is 6.29 Å². The Morgan fingerprint density at radius 2 is 2.00 bits per heavy atom. The quantitative estimate of drug-likeness (QED) is 0.539. The molecule has 0 heterocycles. The van der Waals surface area contributed by atoms with E-state index in [1.54, 1.807) is 0 Å². The Morgan fingerprint density at radius 1 is 1.40 bits per heavy atom. The fraction of sp³-hybridized carbons (Fsp3) is 0.889. The predicted molar refractivity (Wildman–Crippen MR) is 43.9 cm³/mol. The van der Waals surface area contributed by atoms with E-state index in [1.165, 1.54) is 0 Å². The third-order valence-electron chi connectivity index (χ3n) is 1.63. The van der Waals surface area contributed by atoms with E-state index in [2.05, 4.69) is 20.8 Å². The van der Waals surface area contributed by atoms with E-state index >= 15 is 0 Å². The molecule has 0 saturated heterocycles. The lowest BCUT2D eigenvalue weighted by Gasteiger charge is -2.10. The molecule has 1 heteroatoms. The number of rotatable bonds is 5. The van der Waals surface area contributed by atoms with Crippen molar-refractivity contribution >= 4 is 6.29 Å². The highest BCUT2D eigenvalue weighted by atomic mass is 16.1. The van der Waals surface area contributed by atoms with Gasteiger partial charge in [-0.3, -0.25) is 0 Å². The summed E-state index contributed by atoms with van der Waals surface area (Å²) in [6, 6.07) is 0. The van der Waals surface area contributed by atoms with Crippen molar-refractivity contribution in [2.75, 3.05) is 0 Å². The lowest BCUT2D eigenvalue weighted by atomic mass is 9.95. The van der Waals surface area contributed by atoms with Crippen molar-refractivity contribution < 1.29 is 4.79 Å². The summed E-state index contributed by atoms with van der Waals surface area (Å²) in [5.41, 5.74) is 0. The van der Waals surface area contributed by atoms with Crippen molar-refractivity contribution in [1.82, 2.24) is 0 Å². The highest BCUT2D eigenvalue weighted by Crippen LogP contribution is 2.14. The molecule has 0 radical (unpaired) electrons. The van der Waals surface area contributed by atoms with Gasteiger partial charge < -0.3 is 4.79 Å². The molecule has 0 aromatic heterocycles. The van der Waals surface area contributed by atoms with Gasteiger partial charge in [-0.15, -0.1) is 0 Å². The Labute approximate surface area is 63.8 Å². The van der Waals surface area contributed by atoms with E-state index in [0.717, 1.165) is 25.5 Å². The fourth-order valence-corrected chi connectivity index (χ4v) is 1.22. The number of carbonyl (C=O) groups is 1. The van der Waals surface area contributed by atoms with Gasteiger partial charge in [-0.25, -0.2) is 0 Å². The van der Waals surface area contributed by atoms with Gasteiger partial charge in [0.05, 0.1) is 0 Å². The zero-order valence-corrected chi connectivity index (χ0v) is 7.26. The van der Waals surface area contributed by atoms with Crippen molar-refractivity contribution in [3.63, 3.8) is 0 Å². The standard InChI is InChI=1S/C9H18O/c1-4-5-9(7-10)6-8(2)3/h7-9H,4-6H2,1-3H3. The molecule has 1 nitrogen and oxygen atoms in total. The van der Waals surface area contributed by atoms with Gasteiger partial charge in [-0.2, -0.15) is 0 Å². The summed E-state index contributed by atoms with van der Waals surface area (Å²) in [7, 11) is 0. The molecule has 0 aliphatic carbocycles. The normalized spacial score (nSPS) is 13.6. The largest absolute Gasteiger partial charge is 0.303 e. The van der Waals surface area contributed by atoms with Gasteiger partial charge >= 0.3 is 0 Å². The van der Waals surface area contributed by atoms with Crippen molar-refractivity contribution in [2.45, 2.75) is 40.0 Å². The predicted octanol–water partition coefficient (Wildman–Crippen LogP) is 2.65. The van der Waals surface area contributed by atoms with E-state index < -0.39 is 0 Å². The van der Waals surface area contributed by atoms with Crippen molar-refractivity contribution in [3.05, 3.63) is 0 Å². The van der Waals surface area contributed by atoms with Gasteiger partial charge in [0.25, 0.3) is 0 Å². The highest BCUT2D eigenvalue weighted by Gasteiger charge is 2.07. The molecule has 10 heavy (non-hydrogen) atoms. The Balaban J connectivity index is 3.49. The molecule has 0 N–H and O–H groups in total. The van der Waals surface area contributed by atoms with Gasteiger partial charge in [0.15, 0.2) is 0 Å². The smallest absolute Gasteiger partial charge is 0.123 e. The third kappa shape index (κ3) is 4.54. The maximum atomic E-state index is 10.4. The monoisotopic (exact) mass is 142 g/mol. The van der Waals surface area contributed by atoms with Crippen LogP contribution < -0.4 is 0 Å². The summed E-state index contributed by atoms with van der Waals surface area (Å²) in [6.07, 6.45) is 4.33. The summed E-state index contributed by atoms with van der Waals surface area (Å²) in [4.78, 5) is 10.4.